The predicted octanol–water partition coefficient (Wildman–Crippen LogP) is 3.40. The van der Waals surface area contributed by atoms with Gasteiger partial charge in [0.15, 0.2) is 0 Å². The molecule has 0 unspecified atom stereocenters. The van der Waals surface area contributed by atoms with E-state index in [2.05, 4.69) is 44.0 Å². The van der Waals surface area contributed by atoms with Crippen LogP contribution in [0.15, 0.2) is 18.2 Å². The van der Waals surface area contributed by atoms with Crippen molar-refractivity contribution in [1.29, 1.82) is 5.26 Å². The van der Waals surface area contributed by atoms with E-state index in [1.54, 1.807) is 0 Å². The molecule has 0 bridgehead atoms. The lowest BCUT2D eigenvalue weighted by Crippen LogP contribution is -2.40. The molecule has 0 amide bonds. The molecule has 1 rings (SSSR count). The van der Waals surface area contributed by atoms with Crippen LogP contribution in [-0.4, -0.2) is 30.1 Å². The van der Waals surface area contributed by atoms with Crippen molar-refractivity contribution in [2.24, 2.45) is 0 Å². The topological polar surface area (TPSA) is 39.1 Å². The molecule has 0 aliphatic rings. The van der Waals surface area contributed by atoms with E-state index in [1.165, 1.54) is 0 Å². The minimum Gasteiger partial charge on any atom is -0.384 e. The summed E-state index contributed by atoms with van der Waals surface area (Å²) in [6.07, 6.45) is 0. The first-order valence-electron chi connectivity index (χ1n) is 6.96. The molecule has 0 fully saturated rings. The van der Waals surface area contributed by atoms with Crippen LogP contribution in [0.3, 0.4) is 0 Å². The van der Waals surface area contributed by atoms with Crippen molar-refractivity contribution in [3.8, 4) is 6.07 Å². The number of nitriles is 1. The van der Waals surface area contributed by atoms with Gasteiger partial charge in [0.05, 0.1) is 11.6 Å². The second-order valence-corrected chi connectivity index (χ2v) is 5.49. The molecule has 0 atom stereocenters. The lowest BCUT2D eigenvalue weighted by atomic mass is 10.1. The molecule has 0 aromatic heterocycles. The third-order valence-corrected chi connectivity index (χ3v) is 3.37. The first-order chi connectivity index (χ1) is 8.95. The summed E-state index contributed by atoms with van der Waals surface area (Å²) in [4.78, 5) is 2.46. The molecule has 0 spiro atoms. The van der Waals surface area contributed by atoms with Crippen LogP contribution in [0.5, 0.6) is 0 Å². The molecule has 1 aromatic rings. The fraction of sp³-hybridized carbons (Fsp3) is 0.562. The van der Waals surface area contributed by atoms with Gasteiger partial charge in [-0.1, -0.05) is 0 Å². The van der Waals surface area contributed by atoms with Crippen LogP contribution in [0.1, 0.15) is 38.8 Å². The highest BCUT2D eigenvalue weighted by Gasteiger charge is 2.12. The van der Waals surface area contributed by atoms with Crippen LogP contribution >= 0.6 is 0 Å². The number of aryl methyl sites for hydroxylation is 1. The molecule has 3 heteroatoms. The van der Waals surface area contributed by atoms with Crippen LogP contribution in [0.4, 0.5) is 5.69 Å². The fourth-order valence-corrected chi connectivity index (χ4v) is 2.34. The van der Waals surface area contributed by atoms with Gasteiger partial charge in [-0.2, -0.15) is 5.26 Å². The molecule has 19 heavy (non-hydrogen) atoms. The summed E-state index contributed by atoms with van der Waals surface area (Å²) in [6.45, 7) is 12.8. The SMILES string of the molecule is Cc1cc(NCCN(C(C)C)C(C)C)ccc1C#N. The smallest absolute Gasteiger partial charge is 0.0994 e. The Labute approximate surface area is 117 Å². The number of hydrogen-bond acceptors (Lipinski definition) is 3. The first kappa shape index (κ1) is 15.5. The van der Waals surface area contributed by atoms with E-state index in [9.17, 15) is 0 Å². The molecule has 1 N–H and O–H groups in total. The normalized spacial score (nSPS) is 11.1. The van der Waals surface area contributed by atoms with E-state index in [4.69, 9.17) is 5.26 Å². The molecule has 0 aliphatic carbocycles. The minimum atomic E-state index is 0.560. The maximum Gasteiger partial charge on any atom is 0.0994 e. The third-order valence-electron chi connectivity index (χ3n) is 3.37. The summed E-state index contributed by atoms with van der Waals surface area (Å²) in [6, 6.07) is 9.19. The van der Waals surface area contributed by atoms with Crippen LogP contribution in [0, 0.1) is 18.3 Å². The van der Waals surface area contributed by atoms with Gasteiger partial charge in [-0.05, 0) is 58.4 Å². The molecule has 0 saturated heterocycles. The van der Waals surface area contributed by atoms with Gasteiger partial charge in [-0.15, -0.1) is 0 Å². The van der Waals surface area contributed by atoms with Crippen molar-refractivity contribution in [3.63, 3.8) is 0 Å². The van der Waals surface area contributed by atoms with Gasteiger partial charge in [-0.25, -0.2) is 0 Å². The molecule has 1 aromatic carbocycles. The van der Waals surface area contributed by atoms with Crippen molar-refractivity contribution < 1.29 is 0 Å². The highest BCUT2D eigenvalue weighted by atomic mass is 15.2. The van der Waals surface area contributed by atoms with Crippen LogP contribution < -0.4 is 5.32 Å². The molecular formula is C16H25N3. The number of hydrogen-bond donors (Lipinski definition) is 1. The average molecular weight is 259 g/mol. The largest absolute Gasteiger partial charge is 0.384 e. The zero-order valence-electron chi connectivity index (χ0n) is 12.7. The third kappa shape index (κ3) is 4.57. The lowest BCUT2D eigenvalue weighted by molar-refractivity contribution is 0.182. The minimum absolute atomic E-state index is 0.560. The highest BCUT2D eigenvalue weighted by molar-refractivity contribution is 5.51. The zero-order valence-corrected chi connectivity index (χ0v) is 12.7. The highest BCUT2D eigenvalue weighted by Crippen LogP contribution is 2.14. The number of nitrogens with one attached hydrogen (secondary N) is 1. The molecule has 0 radical (unpaired) electrons. The van der Waals surface area contributed by atoms with E-state index >= 15 is 0 Å². The lowest BCUT2D eigenvalue weighted by Gasteiger charge is -2.30. The van der Waals surface area contributed by atoms with Crippen LogP contribution in [0.25, 0.3) is 0 Å². The maximum absolute atomic E-state index is 8.90. The number of anilines is 1. The van der Waals surface area contributed by atoms with Crippen LogP contribution in [-0.2, 0) is 0 Å². The van der Waals surface area contributed by atoms with E-state index in [0.717, 1.165) is 29.9 Å². The maximum atomic E-state index is 8.90. The van der Waals surface area contributed by atoms with Gasteiger partial charge >= 0.3 is 0 Å². The Morgan fingerprint density at radius 3 is 2.32 bits per heavy atom. The summed E-state index contributed by atoms with van der Waals surface area (Å²) in [5.41, 5.74) is 2.86. The van der Waals surface area contributed by atoms with Gasteiger partial charge in [0.1, 0.15) is 0 Å². The summed E-state index contributed by atoms with van der Waals surface area (Å²) >= 11 is 0. The van der Waals surface area contributed by atoms with E-state index in [1.807, 2.05) is 25.1 Å². The van der Waals surface area contributed by atoms with Gasteiger partial charge < -0.3 is 5.32 Å². The van der Waals surface area contributed by atoms with Gasteiger partial charge in [0, 0.05) is 30.9 Å². The van der Waals surface area contributed by atoms with Gasteiger partial charge in [0.2, 0.25) is 0 Å². The predicted molar refractivity (Wildman–Crippen MR) is 81.4 cm³/mol. The Morgan fingerprint density at radius 1 is 1.21 bits per heavy atom. The molecule has 3 nitrogen and oxygen atoms in total. The second-order valence-electron chi connectivity index (χ2n) is 5.49. The van der Waals surface area contributed by atoms with E-state index in [-0.39, 0.29) is 0 Å². The Bertz CT molecular complexity index is 436. The van der Waals surface area contributed by atoms with Crippen molar-refractivity contribution in [3.05, 3.63) is 29.3 Å². The molecule has 0 saturated carbocycles. The number of rotatable bonds is 6. The van der Waals surface area contributed by atoms with Crippen molar-refractivity contribution in [1.82, 2.24) is 4.90 Å². The number of nitrogens with zero attached hydrogens (tertiary/aromatic N) is 2. The fourth-order valence-electron chi connectivity index (χ4n) is 2.34. The zero-order chi connectivity index (χ0) is 14.4. The molecular weight excluding hydrogens is 234 g/mol. The Kier molecular flexibility index (Phi) is 5.85. The first-order valence-corrected chi connectivity index (χ1v) is 6.96. The molecule has 104 valence electrons. The average Bonchev–Trinajstić information content (AvgIpc) is 2.33. The summed E-state index contributed by atoms with van der Waals surface area (Å²) in [5.74, 6) is 0. The van der Waals surface area contributed by atoms with Crippen molar-refractivity contribution in [2.75, 3.05) is 18.4 Å². The van der Waals surface area contributed by atoms with Crippen molar-refractivity contribution >= 4 is 5.69 Å². The van der Waals surface area contributed by atoms with E-state index < -0.39 is 0 Å². The Balaban J connectivity index is 2.54. The summed E-state index contributed by atoms with van der Waals surface area (Å²) < 4.78 is 0. The Hall–Kier alpha value is -1.53. The van der Waals surface area contributed by atoms with E-state index in [0.29, 0.717) is 12.1 Å². The Morgan fingerprint density at radius 2 is 1.84 bits per heavy atom. The van der Waals surface area contributed by atoms with Crippen LogP contribution in [0.2, 0.25) is 0 Å². The summed E-state index contributed by atoms with van der Waals surface area (Å²) in [7, 11) is 0. The standard InChI is InChI=1S/C16H25N3/c1-12(2)19(13(3)4)9-8-18-16-7-6-15(11-17)14(5)10-16/h6-7,10,12-13,18H,8-9H2,1-5H3. The van der Waals surface area contributed by atoms with Gasteiger partial charge in [0.25, 0.3) is 0 Å². The monoisotopic (exact) mass is 259 g/mol. The molecule has 0 heterocycles. The summed E-state index contributed by atoms with van der Waals surface area (Å²) in [5, 5.41) is 12.3. The van der Waals surface area contributed by atoms with Gasteiger partial charge in [-0.3, -0.25) is 4.90 Å². The quantitative estimate of drug-likeness (QED) is 0.851. The number of benzene rings is 1. The second kappa shape index (κ2) is 7.16. The molecule has 0 aliphatic heterocycles. The van der Waals surface area contributed by atoms with Crippen molar-refractivity contribution in [2.45, 2.75) is 46.7 Å².